The normalized spacial score (nSPS) is 26.1. The largest absolute Gasteiger partial charge is 0.463 e. The van der Waals surface area contributed by atoms with Crippen LogP contribution in [0.1, 0.15) is 58.8 Å². The lowest BCUT2D eigenvalue weighted by Crippen LogP contribution is -2.64. The Bertz CT molecular complexity index is 1960. The van der Waals surface area contributed by atoms with Crippen molar-refractivity contribution in [3.8, 4) is 0 Å². The van der Waals surface area contributed by atoms with E-state index in [9.17, 15) is 33.6 Å². The average Bonchev–Trinajstić information content (AvgIpc) is 3.22. The Labute approximate surface area is 349 Å². The van der Waals surface area contributed by atoms with Crippen molar-refractivity contribution in [3.05, 3.63) is 108 Å². The molecule has 60 heavy (non-hydrogen) atoms. The minimum absolute atomic E-state index is 0.111. The van der Waals surface area contributed by atoms with E-state index in [1.54, 1.807) is 54.6 Å². The van der Waals surface area contributed by atoms with Crippen LogP contribution in [0.25, 0.3) is 0 Å². The number of esters is 6. The van der Waals surface area contributed by atoms with E-state index in [1.807, 2.05) is 0 Å². The van der Waals surface area contributed by atoms with Crippen molar-refractivity contribution in [2.24, 2.45) is 0 Å². The molecule has 2 aliphatic heterocycles. The number of carbonyl (C=O) groups is 7. The van der Waals surface area contributed by atoms with Gasteiger partial charge in [0.15, 0.2) is 48.2 Å². The molecule has 320 valence electrons. The van der Waals surface area contributed by atoms with E-state index in [2.05, 4.69) is 0 Å². The van der Waals surface area contributed by atoms with Gasteiger partial charge < -0.3 is 47.4 Å². The van der Waals surface area contributed by atoms with Gasteiger partial charge in [-0.05, 0) is 36.4 Å². The van der Waals surface area contributed by atoms with E-state index in [-0.39, 0.29) is 16.7 Å². The van der Waals surface area contributed by atoms with Crippen molar-refractivity contribution in [3.63, 3.8) is 0 Å². The second-order valence-electron chi connectivity index (χ2n) is 13.4. The fraction of sp³-hybridized carbons (Fsp3) is 0.405. The van der Waals surface area contributed by atoms with Gasteiger partial charge in [-0.3, -0.25) is 19.2 Å². The summed E-state index contributed by atoms with van der Waals surface area (Å²) in [5.41, 5.74) is 0.369. The first-order chi connectivity index (χ1) is 28.7. The lowest BCUT2D eigenvalue weighted by atomic mass is 9.97. The third-order valence-electron chi connectivity index (χ3n) is 8.95. The van der Waals surface area contributed by atoms with Crippen LogP contribution < -0.4 is 0 Å². The maximum absolute atomic E-state index is 13.8. The van der Waals surface area contributed by atoms with Crippen LogP contribution in [-0.2, 0) is 66.5 Å². The van der Waals surface area contributed by atoms with Gasteiger partial charge in [0.2, 0.25) is 0 Å². The molecule has 18 heteroatoms. The van der Waals surface area contributed by atoms with Gasteiger partial charge in [0, 0.05) is 34.8 Å². The Kier molecular flexibility index (Phi) is 16.3. The number of hydrogen-bond donors (Lipinski definition) is 0. The van der Waals surface area contributed by atoms with Crippen LogP contribution in [0.5, 0.6) is 0 Å². The molecule has 2 heterocycles. The van der Waals surface area contributed by atoms with E-state index in [0.717, 1.165) is 20.8 Å². The smallest absolute Gasteiger partial charge is 0.338 e. The van der Waals surface area contributed by atoms with Gasteiger partial charge >= 0.3 is 35.8 Å². The van der Waals surface area contributed by atoms with Gasteiger partial charge in [0.05, 0.1) is 23.3 Å². The summed E-state index contributed by atoms with van der Waals surface area (Å²) in [6.07, 6.45) is -13.2. The molecule has 0 unspecified atom stereocenters. The highest BCUT2D eigenvalue weighted by molar-refractivity contribution is 8.14. The fourth-order valence-electron chi connectivity index (χ4n) is 6.41. The lowest BCUT2D eigenvalue weighted by molar-refractivity contribution is -0.310. The van der Waals surface area contributed by atoms with Gasteiger partial charge in [-0.25, -0.2) is 14.4 Å². The molecule has 2 aliphatic rings. The molecule has 3 aromatic rings. The maximum atomic E-state index is 13.8. The second kappa shape index (κ2) is 21.6. The van der Waals surface area contributed by atoms with Crippen LogP contribution in [0.15, 0.2) is 91.0 Å². The van der Waals surface area contributed by atoms with Crippen LogP contribution >= 0.6 is 11.8 Å². The zero-order valence-corrected chi connectivity index (χ0v) is 34.0. The minimum Gasteiger partial charge on any atom is -0.463 e. The maximum Gasteiger partial charge on any atom is 0.338 e. The highest BCUT2D eigenvalue weighted by atomic mass is 32.2. The van der Waals surface area contributed by atoms with Crippen LogP contribution in [0.3, 0.4) is 0 Å². The molecule has 3 aromatic carbocycles. The van der Waals surface area contributed by atoms with E-state index in [0.29, 0.717) is 11.8 Å². The summed E-state index contributed by atoms with van der Waals surface area (Å²) in [5, 5.41) is -1.67. The molecule has 0 aliphatic carbocycles. The SMILES string of the molecule is CO[C@H]1O[C@H](CO[C@@H]2O[C@H](COC(C)=O)[C@@H](OC(C)=O)[C@H](OC(C)=O)[C@H]2SC(C)=O)[C@@H](OC(=O)c2ccccc2)[C@H](OC(=O)c2ccccc2)[C@H]1OC(=O)c1ccccc1. The third-order valence-corrected chi connectivity index (χ3v) is 10.0. The van der Waals surface area contributed by atoms with Crippen molar-refractivity contribution in [1.29, 1.82) is 0 Å². The molecular formula is C42H44O17S. The minimum atomic E-state index is -1.61. The number of rotatable bonds is 15. The summed E-state index contributed by atoms with van der Waals surface area (Å²) < 4.78 is 58.7. The van der Waals surface area contributed by atoms with Crippen molar-refractivity contribution in [2.75, 3.05) is 20.3 Å². The number of hydrogen-bond acceptors (Lipinski definition) is 18. The molecule has 10 atom stereocenters. The summed E-state index contributed by atoms with van der Waals surface area (Å²) >= 11 is 0.660. The van der Waals surface area contributed by atoms with Crippen molar-refractivity contribution in [1.82, 2.24) is 0 Å². The van der Waals surface area contributed by atoms with E-state index < -0.39 is 115 Å². The molecule has 0 amide bonds. The quantitative estimate of drug-likeness (QED) is 0.157. The summed E-state index contributed by atoms with van der Waals surface area (Å²) in [7, 11) is 1.25. The molecule has 0 spiro atoms. The molecule has 0 N–H and O–H groups in total. The second-order valence-corrected chi connectivity index (χ2v) is 14.7. The zero-order valence-electron chi connectivity index (χ0n) is 33.2. The summed E-state index contributed by atoms with van der Waals surface area (Å²) in [5.74, 6) is -4.89. The predicted octanol–water partition coefficient (Wildman–Crippen LogP) is 3.85. The van der Waals surface area contributed by atoms with Gasteiger partial charge in [-0.2, -0.15) is 0 Å². The van der Waals surface area contributed by atoms with Gasteiger partial charge in [-0.1, -0.05) is 66.4 Å². The summed E-state index contributed by atoms with van der Waals surface area (Å²) in [6.45, 7) is 3.54. The van der Waals surface area contributed by atoms with Gasteiger partial charge in [-0.15, -0.1) is 0 Å². The monoisotopic (exact) mass is 852 g/mol. The van der Waals surface area contributed by atoms with E-state index in [1.165, 1.54) is 50.4 Å². The highest BCUT2D eigenvalue weighted by Crippen LogP contribution is 2.37. The van der Waals surface area contributed by atoms with E-state index >= 15 is 0 Å². The highest BCUT2D eigenvalue weighted by Gasteiger charge is 2.55. The molecule has 17 nitrogen and oxygen atoms in total. The molecule has 0 saturated carbocycles. The van der Waals surface area contributed by atoms with Crippen LogP contribution in [-0.4, -0.2) is 122 Å². The van der Waals surface area contributed by atoms with Gasteiger partial charge in [0.1, 0.15) is 24.1 Å². The Morgan fingerprint density at radius 3 is 1.37 bits per heavy atom. The molecule has 0 aromatic heterocycles. The third kappa shape index (κ3) is 12.2. The van der Waals surface area contributed by atoms with Crippen molar-refractivity contribution < 1.29 is 80.9 Å². The standard InChI is InChI=1S/C42H44O17S/c1-23(43)51-21-30-33(53-24(2)44)35(54-25(3)45)37(60-26(4)46)42(56-30)52-22-31-32(57-38(47)27-15-9-6-10-16-27)34(58-39(48)28-17-11-7-12-18-28)36(41(50-5)55-31)59-40(49)29-19-13-8-14-20-29/h6-20,30-37,41-42H,21-22H2,1-5H3/t30-,31-,32-,33-,34+,35+,36-,37-,41+,42-/m1/s1. The first-order valence-corrected chi connectivity index (χ1v) is 19.5. The van der Waals surface area contributed by atoms with Crippen LogP contribution in [0, 0.1) is 0 Å². The van der Waals surface area contributed by atoms with Gasteiger partial charge in [0.25, 0.3) is 0 Å². The number of methoxy groups -OCH3 is 1. The number of carbonyl (C=O) groups excluding carboxylic acids is 7. The Balaban J connectivity index is 1.55. The zero-order chi connectivity index (χ0) is 43.3. The summed E-state index contributed by atoms with van der Waals surface area (Å²) in [6, 6.07) is 23.7. The van der Waals surface area contributed by atoms with Crippen molar-refractivity contribution in [2.45, 2.75) is 88.3 Å². The first kappa shape index (κ1) is 45.4. The number of benzene rings is 3. The average molecular weight is 853 g/mol. The molecule has 0 radical (unpaired) electrons. The number of ether oxygens (including phenoxy) is 10. The molecular weight excluding hydrogens is 809 g/mol. The Morgan fingerprint density at radius 2 is 0.917 bits per heavy atom. The molecule has 5 rings (SSSR count). The molecule has 2 fully saturated rings. The topological polar surface area (TPSA) is 212 Å². The molecule has 0 bridgehead atoms. The van der Waals surface area contributed by atoms with Crippen molar-refractivity contribution >= 4 is 52.7 Å². The summed E-state index contributed by atoms with van der Waals surface area (Å²) in [4.78, 5) is 90.3. The first-order valence-electron chi connectivity index (χ1n) is 18.6. The lowest BCUT2D eigenvalue weighted by Gasteiger charge is -2.46. The molecule has 2 saturated heterocycles. The number of thioether (sulfide) groups is 1. The fourth-order valence-corrected chi connectivity index (χ4v) is 7.40. The van der Waals surface area contributed by atoms with E-state index in [4.69, 9.17) is 47.4 Å². The Hall–Kier alpha value is -5.66. The predicted molar refractivity (Wildman–Crippen MR) is 207 cm³/mol. The van der Waals surface area contributed by atoms with Crippen LogP contribution in [0.4, 0.5) is 0 Å². The van der Waals surface area contributed by atoms with Crippen LogP contribution in [0.2, 0.25) is 0 Å². The Morgan fingerprint density at radius 1 is 0.500 bits per heavy atom.